The molecule has 1 N–H and O–H groups in total. The molecule has 4 rings (SSSR count). The van der Waals surface area contributed by atoms with Gasteiger partial charge in [-0.05, 0) is 23.6 Å². The maximum atomic E-state index is 13.1. The lowest BCUT2D eigenvalue weighted by Gasteiger charge is -2.32. The van der Waals surface area contributed by atoms with E-state index in [4.69, 9.17) is 16.3 Å². The van der Waals surface area contributed by atoms with E-state index in [1.165, 1.54) is 22.8 Å². The number of nitrogens with zero attached hydrogens (tertiary/aromatic N) is 3. The number of thiazole rings is 1. The lowest BCUT2D eigenvalue weighted by Crippen LogP contribution is -2.51. The number of halogens is 1. The van der Waals surface area contributed by atoms with Crippen LogP contribution < -0.4 is 5.32 Å². The van der Waals surface area contributed by atoms with Crippen molar-refractivity contribution >= 4 is 66.2 Å². The van der Waals surface area contributed by atoms with Crippen LogP contribution in [0.3, 0.4) is 0 Å². The van der Waals surface area contributed by atoms with Gasteiger partial charge in [0.05, 0.1) is 13.1 Å². The van der Waals surface area contributed by atoms with Crippen LogP contribution in [-0.4, -0.2) is 67.9 Å². The van der Waals surface area contributed by atoms with Crippen molar-refractivity contribution in [1.82, 2.24) is 19.5 Å². The second-order valence-corrected chi connectivity index (χ2v) is 11.6. The molecule has 0 bridgehead atoms. The van der Waals surface area contributed by atoms with Crippen molar-refractivity contribution in [3.63, 3.8) is 0 Å². The lowest BCUT2D eigenvalue weighted by atomic mass is 10.3. The molecule has 2 aromatic heterocycles. The standard InChI is InChI=1S/C19H19ClN4O5S3/c1-29-11-21-19(26)14-10-30-16(22-14)8-23-4-5-24(9-17(23)25)32(27,28)18-6-12-2-3-13(20)7-15(12)31-18/h2-3,6-7,10H,4-5,8-9,11H2,1H3,(H,21,26). The first-order valence-corrected chi connectivity index (χ1v) is 13.0. The van der Waals surface area contributed by atoms with Crippen molar-refractivity contribution in [1.29, 1.82) is 0 Å². The Morgan fingerprint density at radius 3 is 2.88 bits per heavy atom. The number of rotatable bonds is 7. The quantitative estimate of drug-likeness (QED) is 0.485. The summed E-state index contributed by atoms with van der Waals surface area (Å²) in [6.45, 7) is 0.461. The van der Waals surface area contributed by atoms with Crippen molar-refractivity contribution in [2.45, 2.75) is 10.8 Å². The summed E-state index contributed by atoms with van der Waals surface area (Å²) in [6, 6.07) is 6.81. The third-order valence-electron chi connectivity index (χ3n) is 4.82. The van der Waals surface area contributed by atoms with E-state index in [1.807, 2.05) is 0 Å². The van der Waals surface area contributed by atoms with Gasteiger partial charge in [-0.1, -0.05) is 17.7 Å². The number of aromatic nitrogens is 1. The Hall–Kier alpha value is -2.09. The number of hydrogen-bond acceptors (Lipinski definition) is 8. The number of hydrogen-bond donors (Lipinski definition) is 1. The van der Waals surface area contributed by atoms with E-state index in [1.54, 1.807) is 34.5 Å². The van der Waals surface area contributed by atoms with Crippen LogP contribution >= 0.6 is 34.3 Å². The van der Waals surface area contributed by atoms with Gasteiger partial charge in [0.1, 0.15) is 21.6 Å². The third-order valence-corrected chi connectivity index (χ3v) is 9.29. The Morgan fingerprint density at radius 2 is 2.12 bits per heavy atom. The lowest BCUT2D eigenvalue weighted by molar-refractivity contribution is -0.134. The molecule has 0 spiro atoms. The number of sulfonamides is 1. The molecule has 170 valence electrons. The molecule has 0 atom stereocenters. The van der Waals surface area contributed by atoms with E-state index < -0.39 is 10.0 Å². The molecule has 1 aliphatic rings. The molecule has 3 heterocycles. The molecule has 1 aliphatic heterocycles. The largest absolute Gasteiger partial charge is 0.364 e. The molecule has 1 saturated heterocycles. The second kappa shape index (κ2) is 9.41. The smallest absolute Gasteiger partial charge is 0.272 e. The van der Waals surface area contributed by atoms with Crippen LogP contribution in [0, 0.1) is 0 Å². The van der Waals surface area contributed by atoms with Crippen LogP contribution in [0.1, 0.15) is 15.5 Å². The molecule has 0 unspecified atom stereocenters. The number of benzene rings is 1. The zero-order valence-electron chi connectivity index (χ0n) is 16.9. The molecule has 0 radical (unpaired) electrons. The highest BCUT2D eigenvalue weighted by molar-refractivity contribution is 7.91. The van der Waals surface area contributed by atoms with E-state index in [-0.39, 0.29) is 54.6 Å². The van der Waals surface area contributed by atoms with E-state index in [9.17, 15) is 18.0 Å². The fourth-order valence-corrected chi connectivity index (χ4v) is 7.17. The van der Waals surface area contributed by atoms with E-state index in [2.05, 4.69) is 10.3 Å². The molecule has 9 nitrogen and oxygen atoms in total. The van der Waals surface area contributed by atoms with Gasteiger partial charge in [-0.2, -0.15) is 4.31 Å². The molecule has 32 heavy (non-hydrogen) atoms. The minimum Gasteiger partial charge on any atom is -0.364 e. The second-order valence-electron chi connectivity index (χ2n) is 6.97. The van der Waals surface area contributed by atoms with Gasteiger partial charge in [-0.25, -0.2) is 13.4 Å². The molecule has 0 aliphatic carbocycles. The fraction of sp³-hybridized carbons (Fsp3) is 0.316. The number of carbonyl (C=O) groups excluding carboxylic acids is 2. The maximum Gasteiger partial charge on any atom is 0.272 e. The Kier molecular flexibility index (Phi) is 6.79. The molecule has 1 aromatic carbocycles. The van der Waals surface area contributed by atoms with Crippen molar-refractivity contribution < 1.29 is 22.7 Å². The van der Waals surface area contributed by atoms with Crippen LogP contribution in [0.4, 0.5) is 0 Å². The average molecular weight is 515 g/mol. The number of ether oxygens (including phenoxy) is 1. The summed E-state index contributed by atoms with van der Waals surface area (Å²) in [5.74, 6) is -0.675. The average Bonchev–Trinajstić information content (AvgIpc) is 3.40. The number of piperazine rings is 1. The van der Waals surface area contributed by atoms with Gasteiger partial charge in [0.15, 0.2) is 0 Å². The van der Waals surface area contributed by atoms with Crippen molar-refractivity contribution in [3.05, 3.63) is 45.4 Å². The fourth-order valence-electron chi connectivity index (χ4n) is 3.17. The highest BCUT2D eigenvalue weighted by atomic mass is 35.5. The Bertz CT molecular complexity index is 1270. The minimum absolute atomic E-state index is 0.0768. The molecule has 13 heteroatoms. The summed E-state index contributed by atoms with van der Waals surface area (Å²) in [7, 11) is -2.33. The van der Waals surface area contributed by atoms with Gasteiger partial charge in [-0.15, -0.1) is 22.7 Å². The van der Waals surface area contributed by atoms with Crippen LogP contribution in [-0.2, 0) is 26.1 Å². The molecular weight excluding hydrogens is 496 g/mol. The van der Waals surface area contributed by atoms with Crippen LogP contribution in [0.5, 0.6) is 0 Å². The van der Waals surface area contributed by atoms with Crippen molar-refractivity contribution in [2.24, 2.45) is 0 Å². The first-order valence-electron chi connectivity index (χ1n) is 9.46. The van der Waals surface area contributed by atoms with Crippen LogP contribution in [0.2, 0.25) is 5.02 Å². The first kappa shape index (κ1) is 23.1. The molecule has 2 amide bonds. The molecule has 3 aromatic rings. The Balaban J connectivity index is 1.42. The number of amides is 2. The number of carbonyl (C=O) groups is 2. The topological polar surface area (TPSA) is 109 Å². The summed E-state index contributed by atoms with van der Waals surface area (Å²) in [5, 5.41) is 6.08. The highest BCUT2D eigenvalue weighted by Gasteiger charge is 2.34. The van der Waals surface area contributed by atoms with E-state index in [0.717, 1.165) is 21.4 Å². The predicted octanol–water partition coefficient (Wildman–Crippen LogP) is 2.38. The Labute approximate surface area is 197 Å². The predicted molar refractivity (Wildman–Crippen MR) is 122 cm³/mol. The third kappa shape index (κ3) is 4.80. The van der Waals surface area contributed by atoms with Crippen molar-refractivity contribution in [2.75, 3.05) is 33.5 Å². The zero-order chi connectivity index (χ0) is 22.9. The summed E-state index contributed by atoms with van der Waals surface area (Å²) < 4.78 is 33.1. The van der Waals surface area contributed by atoms with Gasteiger partial charge in [0.2, 0.25) is 5.91 Å². The first-order chi connectivity index (χ1) is 15.3. The van der Waals surface area contributed by atoms with Crippen molar-refractivity contribution in [3.8, 4) is 0 Å². The van der Waals surface area contributed by atoms with Crippen LogP contribution in [0.25, 0.3) is 10.1 Å². The summed E-state index contributed by atoms with van der Waals surface area (Å²) in [6.07, 6.45) is 0. The Morgan fingerprint density at radius 1 is 1.31 bits per heavy atom. The SMILES string of the molecule is COCNC(=O)c1csc(CN2CCN(S(=O)(=O)c3cc4ccc(Cl)cc4s3)CC2=O)n1. The molecular formula is C19H19ClN4O5S3. The monoisotopic (exact) mass is 514 g/mol. The van der Waals surface area contributed by atoms with E-state index >= 15 is 0 Å². The molecule has 0 saturated carbocycles. The highest BCUT2D eigenvalue weighted by Crippen LogP contribution is 2.33. The van der Waals surface area contributed by atoms with Crippen LogP contribution in [0.15, 0.2) is 33.9 Å². The zero-order valence-corrected chi connectivity index (χ0v) is 20.1. The number of methoxy groups -OCH3 is 1. The molecule has 1 fully saturated rings. The normalized spacial score (nSPS) is 15.4. The van der Waals surface area contributed by atoms with Gasteiger partial charge in [0.25, 0.3) is 15.9 Å². The summed E-state index contributed by atoms with van der Waals surface area (Å²) in [5.41, 5.74) is 0.251. The van der Waals surface area contributed by atoms with Gasteiger partial charge in [0, 0.05) is 35.3 Å². The minimum atomic E-state index is -3.80. The van der Waals surface area contributed by atoms with E-state index in [0.29, 0.717) is 10.0 Å². The number of thiophene rings is 1. The number of fused-ring (bicyclic) bond motifs is 1. The summed E-state index contributed by atoms with van der Waals surface area (Å²) >= 11 is 8.40. The van der Waals surface area contributed by atoms with Gasteiger partial charge in [-0.3, -0.25) is 9.59 Å². The number of nitrogens with one attached hydrogen (secondary N) is 1. The maximum absolute atomic E-state index is 13.1. The van der Waals surface area contributed by atoms with Gasteiger partial charge >= 0.3 is 0 Å². The van der Waals surface area contributed by atoms with Gasteiger partial charge < -0.3 is 15.0 Å². The summed E-state index contributed by atoms with van der Waals surface area (Å²) in [4.78, 5) is 30.4.